The molecule has 2 heterocycles. The molecule has 1 atom stereocenters. The Balaban J connectivity index is 1.23. The summed E-state index contributed by atoms with van der Waals surface area (Å²) in [6.07, 6.45) is 7.80. The van der Waals surface area contributed by atoms with Crippen molar-refractivity contribution in [2.75, 3.05) is 24.7 Å². The number of nitrogens with zero attached hydrogens (tertiary/aromatic N) is 2. The fourth-order valence-corrected chi connectivity index (χ4v) is 6.54. The summed E-state index contributed by atoms with van der Waals surface area (Å²) >= 11 is 0. The molecule has 0 radical (unpaired) electrons. The number of amides is 1. The molecule has 1 spiro atoms. The van der Waals surface area contributed by atoms with E-state index in [1.54, 1.807) is 0 Å². The fourth-order valence-electron chi connectivity index (χ4n) is 6.54. The summed E-state index contributed by atoms with van der Waals surface area (Å²) < 4.78 is 27.4. The summed E-state index contributed by atoms with van der Waals surface area (Å²) in [5, 5.41) is 3.08. The monoisotopic (exact) mass is 499 g/mol. The SMILES string of the molecule is O=C1NCN(c2ccccc2)C12CCN(C1C=CC(c3ccc(F)cc3)(c3ccc(F)cc3)CC1)CC2. The number of carbonyl (C=O) groups is 1. The van der Waals surface area contributed by atoms with Gasteiger partial charge in [-0.3, -0.25) is 9.69 Å². The zero-order chi connectivity index (χ0) is 25.5. The van der Waals surface area contributed by atoms with E-state index in [9.17, 15) is 13.6 Å². The number of rotatable bonds is 4. The maximum Gasteiger partial charge on any atom is 0.247 e. The lowest BCUT2D eigenvalue weighted by molar-refractivity contribution is -0.125. The number of allylic oxidation sites excluding steroid dienone is 1. The number of halogens is 2. The van der Waals surface area contributed by atoms with Crippen molar-refractivity contribution in [3.05, 3.63) is 114 Å². The Morgan fingerprint density at radius 2 is 1.38 bits per heavy atom. The van der Waals surface area contributed by atoms with Gasteiger partial charge in [0.05, 0.1) is 6.67 Å². The number of hydrogen-bond acceptors (Lipinski definition) is 3. The van der Waals surface area contributed by atoms with E-state index in [2.05, 4.69) is 39.4 Å². The van der Waals surface area contributed by atoms with E-state index in [-0.39, 0.29) is 23.6 Å². The third-order valence-corrected chi connectivity index (χ3v) is 8.66. The van der Waals surface area contributed by atoms with Crippen LogP contribution in [0.4, 0.5) is 14.5 Å². The molecule has 190 valence electrons. The Morgan fingerprint density at radius 1 is 0.784 bits per heavy atom. The van der Waals surface area contributed by atoms with Crippen LogP contribution < -0.4 is 10.2 Å². The van der Waals surface area contributed by atoms with E-state index in [1.807, 2.05) is 42.5 Å². The van der Waals surface area contributed by atoms with Crippen molar-refractivity contribution in [2.45, 2.75) is 42.7 Å². The van der Waals surface area contributed by atoms with Gasteiger partial charge in [0.15, 0.2) is 0 Å². The van der Waals surface area contributed by atoms with Gasteiger partial charge in [0.1, 0.15) is 17.2 Å². The molecular formula is C31H31F2N3O. The van der Waals surface area contributed by atoms with Crippen LogP contribution in [0.5, 0.6) is 0 Å². The van der Waals surface area contributed by atoms with Crippen molar-refractivity contribution in [3.63, 3.8) is 0 Å². The number of piperidine rings is 1. The molecule has 37 heavy (non-hydrogen) atoms. The van der Waals surface area contributed by atoms with Crippen LogP contribution in [0.3, 0.4) is 0 Å². The molecule has 1 amide bonds. The van der Waals surface area contributed by atoms with E-state index in [4.69, 9.17) is 0 Å². The molecule has 2 saturated heterocycles. The van der Waals surface area contributed by atoms with Gasteiger partial charge in [0, 0.05) is 30.2 Å². The summed E-state index contributed by atoms with van der Waals surface area (Å²) in [4.78, 5) is 17.7. The number of nitrogens with one attached hydrogen (secondary N) is 1. The van der Waals surface area contributed by atoms with E-state index in [0.29, 0.717) is 6.67 Å². The molecule has 1 N–H and O–H groups in total. The number of carbonyl (C=O) groups excluding carboxylic acids is 1. The van der Waals surface area contributed by atoms with Crippen molar-refractivity contribution in [1.29, 1.82) is 0 Å². The van der Waals surface area contributed by atoms with Crippen LogP contribution in [0.25, 0.3) is 0 Å². The molecule has 3 aromatic carbocycles. The van der Waals surface area contributed by atoms with E-state index < -0.39 is 11.0 Å². The van der Waals surface area contributed by atoms with Crippen LogP contribution in [0.15, 0.2) is 91.0 Å². The minimum atomic E-state index is -0.498. The lowest BCUT2D eigenvalue weighted by Crippen LogP contribution is -2.58. The number of anilines is 1. The van der Waals surface area contributed by atoms with Crippen molar-refractivity contribution >= 4 is 11.6 Å². The molecule has 0 bridgehead atoms. The molecular weight excluding hydrogens is 468 g/mol. The van der Waals surface area contributed by atoms with E-state index in [0.717, 1.165) is 55.6 Å². The number of likely N-dealkylation sites (tertiary alicyclic amines) is 1. The molecule has 1 unspecified atom stereocenters. The Morgan fingerprint density at radius 3 is 1.92 bits per heavy atom. The topological polar surface area (TPSA) is 35.6 Å². The average molecular weight is 500 g/mol. The van der Waals surface area contributed by atoms with Gasteiger partial charge in [-0.05, 0) is 73.2 Å². The van der Waals surface area contributed by atoms with Gasteiger partial charge >= 0.3 is 0 Å². The second-order valence-electron chi connectivity index (χ2n) is 10.4. The normalized spacial score (nSPS) is 22.8. The van der Waals surface area contributed by atoms with E-state index in [1.165, 1.54) is 24.3 Å². The lowest BCUT2D eigenvalue weighted by atomic mass is 9.68. The van der Waals surface area contributed by atoms with Crippen LogP contribution >= 0.6 is 0 Å². The highest BCUT2D eigenvalue weighted by Gasteiger charge is 2.51. The van der Waals surface area contributed by atoms with Crippen LogP contribution in [-0.2, 0) is 10.2 Å². The summed E-state index contributed by atoms with van der Waals surface area (Å²) in [6.45, 7) is 2.22. The number of hydrogen-bond donors (Lipinski definition) is 1. The standard InChI is InChI=1S/C31H31F2N3O/c32-25-10-6-23(7-11-25)30(24-8-12-26(33)13-9-24)16-14-27(15-17-30)35-20-18-31(19-21-35)29(37)34-22-36(31)28-4-2-1-3-5-28/h1-14,16,27H,15,17-22H2,(H,34,37). The van der Waals surface area contributed by atoms with Gasteiger partial charge in [-0.25, -0.2) is 8.78 Å². The largest absolute Gasteiger partial charge is 0.339 e. The van der Waals surface area contributed by atoms with Crippen LogP contribution in [-0.4, -0.2) is 42.1 Å². The molecule has 3 aliphatic rings. The molecule has 6 heteroatoms. The zero-order valence-electron chi connectivity index (χ0n) is 20.7. The van der Waals surface area contributed by atoms with Gasteiger partial charge in [0.2, 0.25) is 5.91 Å². The quantitative estimate of drug-likeness (QED) is 0.489. The third kappa shape index (κ3) is 4.13. The zero-order valence-corrected chi connectivity index (χ0v) is 20.7. The molecule has 2 fully saturated rings. The first kappa shape index (κ1) is 23.9. The Labute approximate surface area is 216 Å². The van der Waals surface area contributed by atoms with Gasteiger partial charge in [-0.2, -0.15) is 0 Å². The second-order valence-corrected chi connectivity index (χ2v) is 10.4. The predicted octanol–water partition coefficient (Wildman–Crippen LogP) is 5.40. The van der Waals surface area contributed by atoms with Crippen molar-refractivity contribution in [1.82, 2.24) is 10.2 Å². The number of para-hydroxylation sites is 1. The molecule has 2 aliphatic heterocycles. The minimum Gasteiger partial charge on any atom is -0.339 e. The molecule has 3 aromatic rings. The summed E-state index contributed by atoms with van der Waals surface area (Å²) in [7, 11) is 0. The van der Waals surface area contributed by atoms with Crippen molar-refractivity contribution in [2.24, 2.45) is 0 Å². The average Bonchev–Trinajstić information content (AvgIpc) is 3.25. The molecule has 0 saturated carbocycles. The van der Waals surface area contributed by atoms with Crippen molar-refractivity contribution < 1.29 is 13.6 Å². The van der Waals surface area contributed by atoms with Gasteiger partial charge in [-0.1, -0.05) is 54.6 Å². The Bertz CT molecular complexity index is 1240. The maximum absolute atomic E-state index is 13.7. The molecule has 0 aromatic heterocycles. The Hall–Kier alpha value is -3.51. The van der Waals surface area contributed by atoms with Crippen molar-refractivity contribution in [3.8, 4) is 0 Å². The van der Waals surface area contributed by atoms with Gasteiger partial charge < -0.3 is 10.2 Å². The molecule has 4 nitrogen and oxygen atoms in total. The van der Waals surface area contributed by atoms with Crippen LogP contribution in [0, 0.1) is 11.6 Å². The van der Waals surface area contributed by atoms with Gasteiger partial charge in [0.25, 0.3) is 0 Å². The highest BCUT2D eigenvalue weighted by Crippen LogP contribution is 2.43. The molecule has 6 rings (SSSR count). The summed E-state index contributed by atoms with van der Waals surface area (Å²) in [5.41, 5.74) is 2.17. The Kier molecular flexibility index (Phi) is 6.07. The first-order chi connectivity index (χ1) is 18.0. The summed E-state index contributed by atoms with van der Waals surface area (Å²) in [5.74, 6) is -0.404. The number of benzene rings is 3. The van der Waals surface area contributed by atoms with Crippen LogP contribution in [0.1, 0.15) is 36.8 Å². The highest BCUT2D eigenvalue weighted by atomic mass is 19.1. The smallest absolute Gasteiger partial charge is 0.247 e. The molecule has 1 aliphatic carbocycles. The third-order valence-electron chi connectivity index (χ3n) is 8.66. The van der Waals surface area contributed by atoms with Crippen LogP contribution in [0.2, 0.25) is 0 Å². The summed E-state index contributed by atoms with van der Waals surface area (Å²) in [6, 6.07) is 23.8. The maximum atomic E-state index is 13.7. The lowest BCUT2D eigenvalue weighted by Gasteiger charge is -2.47. The minimum absolute atomic E-state index is 0.127. The first-order valence-electron chi connectivity index (χ1n) is 13.1. The fraction of sp³-hybridized carbons (Fsp3) is 0.323. The first-order valence-corrected chi connectivity index (χ1v) is 13.1. The second kappa shape index (κ2) is 9.42. The highest BCUT2D eigenvalue weighted by molar-refractivity contribution is 5.93. The van der Waals surface area contributed by atoms with E-state index >= 15 is 0 Å². The van der Waals surface area contributed by atoms with Gasteiger partial charge in [-0.15, -0.1) is 0 Å². The predicted molar refractivity (Wildman–Crippen MR) is 141 cm³/mol.